The maximum absolute atomic E-state index is 13.0. The zero-order chi connectivity index (χ0) is 10.8. The lowest BCUT2D eigenvalue weighted by Gasteiger charge is -2.01. The number of carbonyl (C=O) groups is 1. The third-order valence-corrected chi connectivity index (χ3v) is 2.71. The summed E-state index contributed by atoms with van der Waals surface area (Å²) in [5, 5.41) is 0. The Morgan fingerprint density at radius 2 is 2.13 bits per heavy atom. The molecule has 1 N–H and O–H groups in total. The molecule has 0 saturated carbocycles. The Bertz CT molecular complexity index is 493. The van der Waals surface area contributed by atoms with E-state index in [9.17, 15) is 9.18 Å². The van der Waals surface area contributed by atoms with Gasteiger partial charge in [0.2, 0.25) is 5.78 Å². The molecule has 15 heavy (non-hydrogen) atoms. The predicted molar refractivity (Wildman–Crippen MR) is 58.3 cm³/mol. The van der Waals surface area contributed by atoms with Crippen molar-refractivity contribution in [2.75, 3.05) is 0 Å². The van der Waals surface area contributed by atoms with Crippen LogP contribution in [0.3, 0.4) is 0 Å². The van der Waals surface area contributed by atoms with Crippen molar-refractivity contribution in [2.24, 2.45) is 0 Å². The fourth-order valence-electron chi connectivity index (χ4n) is 1.29. The molecule has 1 aromatic heterocycles. The van der Waals surface area contributed by atoms with Crippen molar-refractivity contribution in [3.63, 3.8) is 0 Å². The average Bonchev–Trinajstić information content (AvgIpc) is 2.74. The van der Waals surface area contributed by atoms with Crippen molar-refractivity contribution in [1.82, 2.24) is 4.98 Å². The first kappa shape index (κ1) is 10.1. The number of aromatic amines is 1. The molecular formula is C11H7BrFNO. The Labute approximate surface area is 94.3 Å². The molecule has 1 aromatic carbocycles. The highest BCUT2D eigenvalue weighted by Crippen LogP contribution is 2.20. The van der Waals surface area contributed by atoms with Gasteiger partial charge in [0.15, 0.2) is 0 Å². The Hall–Kier alpha value is -1.42. The van der Waals surface area contributed by atoms with Gasteiger partial charge >= 0.3 is 0 Å². The number of nitrogens with one attached hydrogen (secondary N) is 1. The molecular weight excluding hydrogens is 261 g/mol. The van der Waals surface area contributed by atoms with Gasteiger partial charge in [-0.1, -0.05) is 15.9 Å². The SMILES string of the molecule is O=C(c1ccc[nH]1)c1cc(F)ccc1Br. The molecule has 0 radical (unpaired) electrons. The predicted octanol–water partition coefficient (Wildman–Crippen LogP) is 3.15. The molecule has 2 rings (SSSR count). The maximum atomic E-state index is 13.0. The number of halogens is 2. The minimum atomic E-state index is -0.423. The number of aromatic nitrogens is 1. The topological polar surface area (TPSA) is 32.9 Å². The smallest absolute Gasteiger partial charge is 0.210 e. The second kappa shape index (κ2) is 3.98. The standard InChI is InChI=1S/C11H7BrFNO/c12-9-4-3-7(13)6-8(9)11(15)10-2-1-5-14-10/h1-6,14H. The highest BCUT2D eigenvalue weighted by Gasteiger charge is 2.13. The van der Waals surface area contributed by atoms with Gasteiger partial charge in [-0.05, 0) is 30.3 Å². The first-order chi connectivity index (χ1) is 7.18. The quantitative estimate of drug-likeness (QED) is 0.834. The van der Waals surface area contributed by atoms with E-state index in [1.165, 1.54) is 18.2 Å². The molecule has 0 bridgehead atoms. The number of carbonyl (C=O) groups excluding carboxylic acids is 1. The largest absolute Gasteiger partial charge is 0.359 e. The molecule has 4 heteroatoms. The summed E-state index contributed by atoms with van der Waals surface area (Å²) in [5.74, 6) is -0.653. The van der Waals surface area contributed by atoms with E-state index < -0.39 is 5.82 Å². The summed E-state index contributed by atoms with van der Waals surface area (Å²) in [6, 6.07) is 7.41. The van der Waals surface area contributed by atoms with Gasteiger partial charge < -0.3 is 4.98 Å². The molecule has 76 valence electrons. The first-order valence-electron chi connectivity index (χ1n) is 4.31. The lowest BCUT2D eigenvalue weighted by molar-refractivity contribution is 0.103. The molecule has 0 aliphatic carbocycles. The number of hydrogen-bond donors (Lipinski definition) is 1. The van der Waals surface area contributed by atoms with Crippen LogP contribution in [0, 0.1) is 5.82 Å². The normalized spacial score (nSPS) is 10.3. The average molecular weight is 268 g/mol. The first-order valence-corrected chi connectivity index (χ1v) is 5.11. The maximum Gasteiger partial charge on any atom is 0.210 e. The van der Waals surface area contributed by atoms with Crippen molar-refractivity contribution >= 4 is 21.7 Å². The summed E-state index contributed by atoms with van der Waals surface area (Å²) >= 11 is 3.22. The number of H-pyrrole nitrogens is 1. The van der Waals surface area contributed by atoms with Gasteiger partial charge in [-0.25, -0.2) is 4.39 Å². The molecule has 0 spiro atoms. The van der Waals surface area contributed by atoms with E-state index in [4.69, 9.17) is 0 Å². The zero-order valence-electron chi connectivity index (χ0n) is 7.63. The highest BCUT2D eigenvalue weighted by molar-refractivity contribution is 9.10. The lowest BCUT2D eigenvalue weighted by atomic mass is 10.1. The van der Waals surface area contributed by atoms with Crippen LogP contribution >= 0.6 is 15.9 Å². The van der Waals surface area contributed by atoms with Gasteiger partial charge in [0, 0.05) is 16.2 Å². The summed E-state index contributed by atoms with van der Waals surface area (Å²) < 4.78 is 13.6. The molecule has 0 saturated heterocycles. The van der Waals surface area contributed by atoms with Gasteiger partial charge in [-0.2, -0.15) is 0 Å². The van der Waals surface area contributed by atoms with Crippen molar-refractivity contribution in [3.05, 3.63) is 58.1 Å². The van der Waals surface area contributed by atoms with Gasteiger partial charge in [-0.3, -0.25) is 4.79 Å². The van der Waals surface area contributed by atoms with E-state index in [0.717, 1.165) is 0 Å². The molecule has 0 fully saturated rings. The third kappa shape index (κ3) is 1.99. The van der Waals surface area contributed by atoms with Crippen LogP contribution < -0.4 is 0 Å². The molecule has 1 heterocycles. The minimum absolute atomic E-state index is 0.230. The molecule has 0 atom stereocenters. The van der Waals surface area contributed by atoms with Crippen LogP contribution in [0.5, 0.6) is 0 Å². The molecule has 0 unspecified atom stereocenters. The van der Waals surface area contributed by atoms with Crippen molar-refractivity contribution in [3.8, 4) is 0 Å². The van der Waals surface area contributed by atoms with Crippen molar-refractivity contribution in [2.45, 2.75) is 0 Å². The summed E-state index contributed by atoms with van der Waals surface area (Å²) in [5.41, 5.74) is 0.763. The van der Waals surface area contributed by atoms with Crippen molar-refractivity contribution in [1.29, 1.82) is 0 Å². The van der Waals surface area contributed by atoms with E-state index >= 15 is 0 Å². The van der Waals surface area contributed by atoms with E-state index in [2.05, 4.69) is 20.9 Å². The van der Waals surface area contributed by atoms with Crippen LogP contribution in [-0.2, 0) is 0 Å². The summed E-state index contributed by atoms with van der Waals surface area (Å²) in [4.78, 5) is 14.6. The van der Waals surface area contributed by atoms with Gasteiger partial charge in [0.25, 0.3) is 0 Å². The fourth-order valence-corrected chi connectivity index (χ4v) is 1.71. The Morgan fingerprint density at radius 1 is 1.33 bits per heavy atom. The summed E-state index contributed by atoms with van der Waals surface area (Å²) in [6.07, 6.45) is 1.65. The number of hydrogen-bond acceptors (Lipinski definition) is 1. The molecule has 0 aliphatic rings. The van der Waals surface area contributed by atoms with Crippen LogP contribution in [0.4, 0.5) is 4.39 Å². The Morgan fingerprint density at radius 3 is 2.80 bits per heavy atom. The van der Waals surface area contributed by atoms with Crippen LogP contribution in [0.15, 0.2) is 41.0 Å². The van der Waals surface area contributed by atoms with Crippen LogP contribution in [0.25, 0.3) is 0 Å². The van der Waals surface area contributed by atoms with Crippen LogP contribution in [-0.4, -0.2) is 10.8 Å². The van der Waals surface area contributed by atoms with Crippen molar-refractivity contribution < 1.29 is 9.18 Å². The van der Waals surface area contributed by atoms with E-state index in [0.29, 0.717) is 15.7 Å². The lowest BCUT2D eigenvalue weighted by Crippen LogP contribution is -2.03. The highest BCUT2D eigenvalue weighted by atomic mass is 79.9. The minimum Gasteiger partial charge on any atom is -0.359 e. The van der Waals surface area contributed by atoms with E-state index in [1.807, 2.05) is 0 Å². The molecule has 0 amide bonds. The summed E-state index contributed by atoms with van der Waals surface area (Å²) in [7, 11) is 0. The van der Waals surface area contributed by atoms with Gasteiger partial charge in [-0.15, -0.1) is 0 Å². The molecule has 0 aliphatic heterocycles. The molecule has 2 nitrogen and oxygen atoms in total. The summed E-state index contributed by atoms with van der Waals surface area (Å²) in [6.45, 7) is 0. The number of ketones is 1. The Kier molecular flexibility index (Phi) is 2.68. The van der Waals surface area contributed by atoms with E-state index in [-0.39, 0.29) is 5.78 Å². The van der Waals surface area contributed by atoms with E-state index in [1.54, 1.807) is 18.3 Å². The molecule has 2 aromatic rings. The monoisotopic (exact) mass is 267 g/mol. The zero-order valence-corrected chi connectivity index (χ0v) is 9.21. The second-order valence-corrected chi connectivity index (χ2v) is 3.89. The van der Waals surface area contributed by atoms with Crippen LogP contribution in [0.2, 0.25) is 0 Å². The second-order valence-electron chi connectivity index (χ2n) is 3.04. The van der Waals surface area contributed by atoms with Gasteiger partial charge in [0.05, 0.1) is 5.69 Å². The number of rotatable bonds is 2. The number of benzene rings is 1. The van der Waals surface area contributed by atoms with Crippen LogP contribution in [0.1, 0.15) is 16.1 Å². The Balaban J connectivity index is 2.46. The van der Waals surface area contributed by atoms with Gasteiger partial charge in [0.1, 0.15) is 5.82 Å². The fraction of sp³-hybridized carbons (Fsp3) is 0. The third-order valence-electron chi connectivity index (χ3n) is 2.02.